The largest absolute Gasteiger partial charge is 0.460 e. The third-order valence-electron chi connectivity index (χ3n) is 4.74. The Morgan fingerprint density at radius 1 is 1.07 bits per heavy atom. The van der Waals surface area contributed by atoms with Crippen LogP contribution in [0, 0.1) is 13.8 Å². The van der Waals surface area contributed by atoms with E-state index in [0.29, 0.717) is 22.8 Å². The second-order valence-electron chi connectivity index (χ2n) is 6.86. The molecule has 150 valence electrons. The molecule has 3 aromatic rings. The van der Waals surface area contributed by atoms with Gasteiger partial charge in [0, 0.05) is 24.7 Å². The van der Waals surface area contributed by atoms with Crippen molar-refractivity contribution in [3.63, 3.8) is 0 Å². The number of carbonyl (C=O) groups is 1. The minimum absolute atomic E-state index is 0.0825. The van der Waals surface area contributed by atoms with Gasteiger partial charge in [0.15, 0.2) is 5.16 Å². The zero-order valence-corrected chi connectivity index (χ0v) is 17.7. The SMILES string of the molecule is Cc1ccccc1Cc1c(C)nc(SCC(=O)OCc2ccccc2)n(C)c1=O. The van der Waals surface area contributed by atoms with Gasteiger partial charge in [-0.2, -0.15) is 0 Å². The Kier molecular flexibility index (Phi) is 6.88. The van der Waals surface area contributed by atoms with Crippen LogP contribution in [-0.2, 0) is 29.6 Å². The van der Waals surface area contributed by atoms with Gasteiger partial charge in [-0.1, -0.05) is 66.4 Å². The Hall–Kier alpha value is -2.86. The Morgan fingerprint density at radius 2 is 1.76 bits per heavy atom. The van der Waals surface area contributed by atoms with E-state index in [9.17, 15) is 9.59 Å². The standard InChI is InChI=1S/C23H24N2O3S/c1-16-9-7-8-12-19(16)13-20-17(2)24-23(25(3)22(20)27)29-15-21(26)28-14-18-10-5-4-6-11-18/h4-12H,13-15H2,1-3H3. The van der Waals surface area contributed by atoms with Crippen molar-refractivity contribution < 1.29 is 9.53 Å². The minimum atomic E-state index is -0.338. The van der Waals surface area contributed by atoms with Crippen molar-refractivity contribution in [1.82, 2.24) is 9.55 Å². The molecule has 3 rings (SSSR count). The zero-order valence-electron chi connectivity index (χ0n) is 16.8. The van der Waals surface area contributed by atoms with Crippen LogP contribution in [0.3, 0.4) is 0 Å². The van der Waals surface area contributed by atoms with Gasteiger partial charge in [-0.15, -0.1) is 0 Å². The number of hydrogen-bond donors (Lipinski definition) is 0. The predicted molar refractivity (Wildman–Crippen MR) is 115 cm³/mol. The van der Waals surface area contributed by atoms with E-state index in [4.69, 9.17) is 4.74 Å². The van der Waals surface area contributed by atoms with E-state index >= 15 is 0 Å². The molecule has 2 aromatic carbocycles. The quantitative estimate of drug-likeness (QED) is 0.338. The van der Waals surface area contributed by atoms with Gasteiger partial charge < -0.3 is 4.74 Å². The summed E-state index contributed by atoms with van der Waals surface area (Å²) in [5.41, 5.74) is 4.48. The number of hydrogen-bond acceptors (Lipinski definition) is 5. The molecule has 0 aliphatic carbocycles. The molecule has 0 aliphatic rings. The van der Waals surface area contributed by atoms with Crippen molar-refractivity contribution in [3.05, 3.63) is 92.9 Å². The lowest BCUT2D eigenvalue weighted by atomic mass is 10.0. The van der Waals surface area contributed by atoms with E-state index in [1.807, 2.05) is 68.4 Å². The number of ether oxygens (including phenoxy) is 1. The van der Waals surface area contributed by atoms with Crippen molar-refractivity contribution in [3.8, 4) is 0 Å². The molecular formula is C23H24N2O3S. The number of thioether (sulfide) groups is 1. The van der Waals surface area contributed by atoms with Gasteiger partial charge in [-0.25, -0.2) is 4.98 Å². The first-order chi connectivity index (χ1) is 14.0. The van der Waals surface area contributed by atoms with Crippen molar-refractivity contribution in [1.29, 1.82) is 0 Å². The number of aromatic nitrogens is 2. The average molecular weight is 409 g/mol. The fraction of sp³-hybridized carbons (Fsp3) is 0.261. The molecular weight excluding hydrogens is 384 g/mol. The maximum Gasteiger partial charge on any atom is 0.316 e. The highest BCUT2D eigenvalue weighted by Crippen LogP contribution is 2.18. The highest BCUT2D eigenvalue weighted by Gasteiger charge is 2.15. The molecule has 0 atom stereocenters. The number of benzene rings is 2. The van der Waals surface area contributed by atoms with Crippen molar-refractivity contribution in [2.75, 3.05) is 5.75 Å². The normalized spacial score (nSPS) is 10.7. The van der Waals surface area contributed by atoms with Crippen LogP contribution in [0.15, 0.2) is 64.5 Å². The number of nitrogens with zero attached hydrogens (tertiary/aromatic N) is 2. The summed E-state index contributed by atoms with van der Waals surface area (Å²) in [7, 11) is 1.69. The summed E-state index contributed by atoms with van der Waals surface area (Å²) in [6, 6.07) is 17.5. The summed E-state index contributed by atoms with van der Waals surface area (Å²) in [5, 5.41) is 0.512. The fourth-order valence-electron chi connectivity index (χ4n) is 2.96. The van der Waals surface area contributed by atoms with Crippen LogP contribution < -0.4 is 5.56 Å². The van der Waals surface area contributed by atoms with Crippen LogP contribution in [0.4, 0.5) is 0 Å². The number of esters is 1. The summed E-state index contributed by atoms with van der Waals surface area (Å²) < 4.78 is 6.80. The Bertz CT molecular complexity index is 1060. The Balaban J connectivity index is 1.67. The summed E-state index contributed by atoms with van der Waals surface area (Å²) in [4.78, 5) is 29.5. The van der Waals surface area contributed by atoms with Crippen molar-refractivity contribution >= 4 is 17.7 Å². The molecule has 0 N–H and O–H groups in total. The van der Waals surface area contributed by atoms with Crippen LogP contribution in [0.1, 0.15) is 27.9 Å². The molecule has 29 heavy (non-hydrogen) atoms. The van der Waals surface area contributed by atoms with E-state index in [2.05, 4.69) is 4.98 Å². The molecule has 6 heteroatoms. The van der Waals surface area contributed by atoms with Gasteiger partial charge in [-0.3, -0.25) is 14.2 Å². The summed E-state index contributed by atoms with van der Waals surface area (Å²) in [6.45, 7) is 4.11. The number of rotatable bonds is 7. The van der Waals surface area contributed by atoms with Crippen molar-refractivity contribution in [2.45, 2.75) is 32.0 Å². The third kappa shape index (κ3) is 5.35. The van der Waals surface area contributed by atoms with Crippen LogP contribution in [-0.4, -0.2) is 21.3 Å². The van der Waals surface area contributed by atoms with E-state index in [0.717, 1.165) is 16.7 Å². The molecule has 0 unspecified atom stereocenters. The van der Waals surface area contributed by atoms with Gasteiger partial charge in [0.25, 0.3) is 5.56 Å². The van der Waals surface area contributed by atoms with E-state index in [1.165, 1.54) is 16.3 Å². The molecule has 0 aliphatic heterocycles. The molecule has 0 saturated heterocycles. The predicted octanol–water partition coefficient (Wildman–Crippen LogP) is 3.82. The molecule has 0 fully saturated rings. The average Bonchev–Trinajstić information content (AvgIpc) is 2.73. The maximum atomic E-state index is 12.9. The van der Waals surface area contributed by atoms with Gasteiger partial charge in [0.2, 0.25) is 0 Å². The second-order valence-corrected chi connectivity index (χ2v) is 7.80. The molecule has 0 bridgehead atoms. The van der Waals surface area contributed by atoms with Gasteiger partial charge in [0.1, 0.15) is 6.61 Å². The number of carbonyl (C=O) groups excluding carboxylic acids is 1. The molecule has 0 amide bonds. The van der Waals surface area contributed by atoms with Crippen LogP contribution in [0.2, 0.25) is 0 Å². The monoisotopic (exact) mass is 408 g/mol. The topological polar surface area (TPSA) is 61.2 Å². The molecule has 0 spiro atoms. The molecule has 0 radical (unpaired) electrons. The molecule has 5 nitrogen and oxygen atoms in total. The lowest BCUT2D eigenvalue weighted by molar-refractivity contribution is -0.141. The lowest BCUT2D eigenvalue weighted by Gasteiger charge is -2.13. The zero-order chi connectivity index (χ0) is 20.8. The first-order valence-electron chi connectivity index (χ1n) is 9.39. The molecule has 1 heterocycles. The number of aryl methyl sites for hydroxylation is 2. The summed E-state index contributed by atoms with van der Waals surface area (Å²) in [5.74, 6) is -0.237. The highest BCUT2D eigenvalue weighted by molar-refractivity contribution is 7.99. The van der Waals surface area contributed by atoms with E-state index in [1.54, 1.807) is 7.05 Å². The Morgan fingerprint density at radius 3 is 2.48 bits per heavy atom. The third-order valence-corrected chi connectivity index (χ3v) is 5.74. The maximum absolute atomic E-state index is 12.9. The Labute approximate surface area is 174 Å². The van der Waals surface area contributed by atoms with Crippen LogP contribution in [0.5, 0.6) is 0 Å². The molecule has 0 saturated carbocycles. The van der Waals surface area contributed by atoms with Crippen molar-refractivity contribution in [2.24, 2.45) is 7.05 Å². The van der Waals surface area contributed by atoms with E-state index in [-0.39, 0.29) is 23.9 Å². The molecule has 1 aromatic heterocycles. The van der Waals surface area contributed by atoms with Gasteiger partial charge in [0.05, 0.1) is 5.75 Å². The first-order valence-corrected chi connectivity index (χ1v) is 10.4. The first kappa shape index (κ1) is 20.9. The summed E-state index contributed by atoms with van der Waals surface area (Å²) in [6.07, 6.45) is 0.544. The minimum Gasteiger partial charge on any atom is -0.460 e. The summed E-state index contributed by atoms with van der Waals surface area (Å²) >= 11 is 1.21. The fourth-order valence-corrected chi connectivity index (χ4v) is 3.77. The van der Waals surface area contributed by atoms with Crippen LogP contribution in [0.25, 0.3) is 0 Å². The lowest BCUT2D eigenvalue weighted by Crippen LogP contribution is -2.26. The second kappa shape index (κ2) is 9.56. The van der Waals surface area contributed by atoms with E-state index < -0.39 is 0 Å². The van der Waals surface area contributed by atoms with Gasteiger partial charge in [-0.05, 0) is 30.5 Å². The highest BCUT2D eigenvalue weighted by atomic mass is 32.2. The smallest absolute Gasteiger partial charge is 0.316 e. The van der Waals surface area contributed by atoms with Crippen LogP contribution >= 0.6 is 11.8 Å². The van der Waals surface area contributed by atoms with Gasteiger partial charge >= 0.3 is 5.97 Å².